The lowest BCUT2D eigenvalue weighted by Gasteiger charge is -2.33. The zero-order valence-corrected chi connectivity index (χ0v) is 22.1. The minimum absolute atomic E-state index is 0.174. The second-order valence-corrected chi connectivity index (χ2v) is 11.6. The molecule has 35 heavy (non-hydrogen) atoms. The zero-order valence-electron chi connectivity index (χ0n) is 20.5. The molecular weight excluding hydrogens is 480 g/mol. The molecule has 4 rings (SSSR count). The number of anilines is 2. The van der Waals surface area contributed by atoms with Gasteiger partial charge in [0.05, 0.1) is 5.56 Å². The minimum Gasteiger partial charge on any atom is -0.484 e. The molecule has 0 spiro atoms. The maximum Gasteiger partial charge on any atom is 0.262 e. The molecule has 1 aliphatic rings. The number of rotatable bonds is 6. The van der Waals surface area contributed by atoms with Crippen molar-refractivity contribution in [1.82, 2.24) is 0 Å². The predicted molar refractivity (Wildman–Crippen MR) is 144 cm³/mol. The second-order valence-electron chi connectivity index (χ2n) is 10.1. The Morgan fingerprint density at radius 2 is 1.89 bits per heavy atom. The molecule has 1 aliphatic carbocycles. The Labute approximate surface area is 215 Å². The summed E-state index contributed by atoms with van der Waals surface area (Å²) in [4.78, 5) is 27.5. The molecular formula is C28H31ClN2O3S. The Bertz CT molecular complexity index is 1250. The number of para-hydroxylation sites is 1. The molecule has 0 radical (unpaired) electrons. The number of carbonyl (C=O) groups excluding carboxylic acids is 2. The monoisotopic (exact) mass is 510 g/mol. The fourth-order valence-electron chi connectivity index (χ4n) is 4.42. The van der Waals surface area contributed by atoms with E-state index in [1.165, 1.54) is 16.2 Å². The number of nitrogens with one attached hydrogen (secondary N) is 2. The number of hydrogen-bond donors (Lipinski definition) is 2. The summed E-state index contributed by atoms with van der Waals surface area (Å²) in [5.41, 5.74) is 3.55. The summed E-state index contributed by atoms with van der Waals surface area (Å²) >= 11 is 7.51. The molecule has 7 heteroatoms. The van der Waals surface area contributed by atoms with E-state index in [0.29, 0.717) is 27.3 Å². The van der Waals surface area contributed by atoms with Crippen LogP contribution in [0.3, 0.4) is 0 Å². The maximum absolute atomic E-state index is 13.5. The van der Waals surface area contributed by atoms with E-state index in [-0.39, 0.29) is 23.8 Å². The van der Waals surface area contributed by atoms with Crippen LogP contribution < -0.4 is 15.4 Å². The quantitative estimate of drug-likeness (QED) is 0.370. The predicted octanol–water partition coefficient (Wildman–Crippen LogP) is 7.13. The summed E-state index contributed by atoms with van der Waals surface area (Å²) in [6.07, 6.45) is 2.74. The summed E-state index contributed by atoms with van der Waals surface area (Å²) in [6, 6.07) is 14.6. The number of benzene rings is 2. The Morgan fingerprint density at radius 3 is 2.60 bits per heavy atom. The van der Waals surface area contributed by atoms with Crippen LogP contribution in [0.2, 0.25) is 5.02 Å². The van der Waals surface area contributed by atoms with Crippen molar-refractivity contribution in [2.45, 2.75) is 47.0 Å². The lowest BCUT2D eigenvalue weighted by molar-refractivity contribution is -0.118. The highest BCUT2D eigenvalue weighted by Crippen LogP contribution is 2.44. The molecule has 184 valence electrons. The van der Waals surface area contributed by atoms with Gasteiger partial charge in [-0.05, 0) is 72.9 Å². The summed E-state index contributed by atoms with van der Waals surface area (Å²) in [6.45, 7) is 8.57. The first-order valence-electron chi connectivity index (χ1n) is 11.8. The van der Waals surface area contributed by atoms with E-state index in [1.54, 1.807) is 24.3 Å². The van der Waals surface area contributed by atoms with E-state index in [9.17, 15) is 9.59 Å². The highest BCUT2D eigenvalue weighted by molar-refractivity contribution is 7.17. The fraction of sp³-hybridized carbons (Fsp3) is 0.357. The van der Waals surface area contributed by atoms with E-state index in [0.717, 1.165) is 36.1 Å². The number of thiophene rings is 1. The number of hydrogen-bond acceptors (Lipinski definition) is 4. The van der Waals surface area contributed by atoms with Gasteiger partial charge in [-0.2, -0.15) is 0 Å². The van der Waals surface area contributed by atoms with Gasteiger partial charge < -0.3 is 15.4 Å². The first-order valence-corrected chi connectivity index (χ1v) is 13.0. The molecule has 1 heterocycles. The number of carbonyl (C=O) groups is 2. The van der Waals surface area contributed by atoms with Crippen LogP contribution in [0, 0.1) is 18.3 Å². The molecule has 1 aromatic heterocycles. The number of aryl methyl sites for hydroxylation is 1. The summed E-state index contributed by atoms with van der Waals surface area (Å²) < 4.78 is 5.60. The molecule has 3 aromatic rings. The molecule has 0 saturated heterocycles. The topological polar surface area (TPSA) is 67.4 Å². The van der Waals surface area contributed by atoms with Crippen LogP contribution in [0.4, 0.5) is 10.7 Å². The molecule has 5 nitrogen and oxygen atoms in total. The Morgan fingerprint density at radius 1 is 1.11 bits per heavy atom. The minimum atomic E-state index is -0.319. The van der Waals surface area contributed by atoms with Gasteiger partial charge in [-0.15, -0.1) is 11.3 Å². The number of halogens is 1. The van der Waals surface area contributed by atoms with Crippen LogP contribution in [0.15, 0.2) is 48.5 Å². The molecule has 0 saturated carbocycles. The van der Waals surface area contributed by atoms with Crippen molar-refractivity contribution in [3.63, 3.8) is 0 Å². The summed E-state index contributed by atoms with van der Waals surface area (Å²) in [5.74, 6) is 0.525. The van der Waals surface area contributed by atoms with E-state index >= 15 is 0 Å². The molecule has 2 N–H and O–H groups in total. The van der Waals surface area contributed by atoms with Gasteiger partial charge in [0.15, 0.2) is 6.61 Å². The molecule has 0 fully saturated rings. The van der Waals surface area contributed by atoms with E-state index in [2.05, 4.69) is 31.4 Å². The van der Waals surface area contributed by atoms with Crippen molar-refractivity contribution in [3.05, 3.63) is 75.1 Å². The van der Waals surface area contributed by atoms with E-state index in [4.69, 9.17) is 16.3 Å². The normalized spacial score (nSPS) is 15.3. The average molecular weight is 511 g/mol. The van der Waals surface area contributed by atoms with Gasteiger partial charge in [0.1, 0.15) is 10.8 Å². The summed E-state index contributed by atoms with van der Waals surface area (Å²) in [5, 5.41) is 7.12. The Hall–Kier alpha value is -2.83. The van der Waals surface area contributed by atoms with Crippen LogP contribution in [-0.2, 0) is 17.6 Å². The van der Waals surface area contributed by atoms with Crippen LogP contribution in [0.5, 0.6) is 5.75 Å². The average Bonchev–Trinajstić information content (AvgIpc) is 3.15. The molecule has 0 bridgehead atoms. The van der Waals surface area contributed by atoms with Gasteiger partial charge in [-0.3, -0.25) is 9.59 Å². The molecule has 1 atom stereocenters. The van der Waals surface area contributed by atoms with Crippen LogP contribution in [0.25, 0.3) is 0 Å². The molecule has 0 aliphatic heterocycles. The largest absolute Gasteiger partial charge is 0.484 e. The number of ether oxygens (including phenoxy) is 1. The van der Waals surface area contributed by atoms with Crippen molar-refractivity contribution in [1.29, 1.82) is 0 Å². The fourth-order valence-corrected chi connectivity index (χ4v) is 5.94. The third-order valence-electron chi connectivity index (χ3n) is 6.53. The third kappa shape index (κ3) is 6.06. The molecule has 2 aromatic carbocycles. The van der Waals surface area contributed by atoms with E-state index in [1.807, 2.05) is 31.2 Å². The maximum atomic E-state index is 13.5. The van der Waals surface area contributed by atoms with Crippen molar-refractivity contribution in [2.24, 2.45) is 11.3 Å². The first-order chi connectivity index (χ1) is 16.6. The highest BCUT2D eigenvalue weighted by Gasteiger charge is 2.34. The van der Waals surface area contributed by atoms with Crippen LogP contribution in [-0.4, -0.2) is 18.4 Å². The molecule has 1 unspecified atom stereocenters. The number of amides is 2. The zero-order chi connectivity index (χ0) is 25.2. The van der Waals surface area contributed by atoms with Gasteiger partial charge in [-0.1, -0.05) is 56.6 Å². The van der Waals surface area contributed by atoms with Gasteiger partial charge in [-0.25, -0.2) is 0 Å². The standard InChI is InChI=1S/C28H31ClN2O3S/c1-17-8-5-6-11-22(17)30-26(33)25-21-13-12-18(28(2,3)4)14-23(21)35-27(25)31-24(32)16-34-20-10-7-9-19(29)15-20/h5-11,15,18H,12-14,16H2,1-4H3,(H,30,33)(H,31,32). The van der Waals surface area contributed by atoms with E-state index < -0.39 is 0 Å². The van der Waals surface area contributed by atoms with Crippen molar-refractivity contribution in [2.75, 3.05) is 17.2 Å². The van der Waals surface area contributed by atoms with Gasteiger partial charge in [0.2, 0.25) is 0 Å². The van der Waals surface area contributed by atoms with Crippen LogP contribution >= 0.6 is 22.9 Å². The Kier molecular flexibility index (Phi) is 7.53. The lowest BCUT2D eigenvalue weighted by Crippen LogP contribution is -2.27. The van der Waals surface area contributed by atoms with Gasteiger partial charge in [0, 0.05) is 15.6 Å². The van der Waals surface area contributed by atoms with Gasteiger partial charge >= 0.3 is 0 Å². The Balaban J connectivity index is 1.58. The SMILES string of the molecule is Cc1ccccc1NC(=O)c1c(NC(=O)COc2cccc(Cl)c2)sc2c1CCC(C(C)(C)C)C2. The van der Waals surface area contributed by atoms with Gasteiger partial charge in [0.25, 0.3) is 11.8 Å². The third-order valence-corrected chi connectivity index (χ3v) is 7.93. The van der Waals surface area contributed by atoms with Crippen molar-refractivity contribution in [3.8, 4) is 5.75 Å². The lowest BCUT2D eigenvalue weighted by atomic mass is 9.72. The van der Waals surface area contributed by atoms with Crippen molar-refractivity contribution < 1.29 is 14.3 Å². The van der Waals surface area contributed by atoms with Crippen molar-refractivity contribution >= 4 is 45.4 Å². The highest BCUT2D eigenvalue weighted by atomic mass is 35.5. The van der Waals surface area contributed by atoms with Crippen LogP contribution in [0.1, 0.15) is 53.6 Å². The first kappa shape index (κ1) is 25.3. The summed E-state index contributed by atoms with van der Waals surface area (Å²) in [7, 11) is 0. The second kappa shape index (κ2) is 10.4. The number of fused-ring (bicyclic) bond motifs is 1. The smallest absolute Gasteiger partial charge is 0.262 e. The molecule has 2 amide bonds.